The second-order valence-corrected chi connectivity index (χ2v) is 22.5. The zero-order valence-electron chi connectivity index (χ0n) is 42.9. The monoisotopic (exact) mass is 949 g/mol. The molecular weight excluding hydrogens is 894 g/mol. The summed E-state index contributed by atoms with van der Waals surface area (Å²) < 4.78 is 2.70. The number of hydrogen-bond donors (Lipinski definition) is 0. The summed E-state index contributed by atoms with van der Waals surface area (Å²) in [6.45, 7) is 14.0. The lowest BCUT2D eigenvalue weighted by molar-refractivity contribution is 0.569. The van der Waals surface area contributed by atoms with E-state index in [0.29, 0.717) is 0 Å². The van der Waals surface area contributed by atoms with E-state index in [0.717, 1.165) is 17.1 Å². The quantitative estimate of drug-likeness (QED) is 0.122. The van der Waals surface area contributed by atoms with Crippen LogP contribution >= 0.6 is 0 Å². The summed E-state index contributed by atoms with van der Waals surface area (Å²) in [6.07, 6.45) is 0. The molecule has 74 heavy (non-hydrogen) atoms. The van der Waals surface area contributed by atoms with Crippen LogP contribution in [0.3, 0.4) is 0 Å². The first-order valence-electron chi connectivity index (χ1n) is 26.2. The highest BCUT2D eigenvalue weighted by Gasteiger charge is 2.44. The van der Waals surface area contributed by atoms with Crippen molar-refractivity contribution in [3.05, 3.63) is 242 Å². The first-order chi connectivity index (χ1) is 36.0. The van der Waals surface area contributed by atoms with Gasteiger partial charge in [-0.3, -0.25) is 0 Å². The number of aromatic nitrogens is 1. The van der Waals surface area contributed by atoms with E-state index >= 15 is 0 Å². The number of anilines is 6. The van der Waals surface area contributed by atoms with Crippen LogP contribution in [0.2, 0.25) is 0 Å². The molecule has 2 aliphatic heterocycles. The van der Waals surface area contributed by atoms with Gasteiger partial charge in [-0.25, -0.2) is 0 Å². The molecule has 0 saturated carbocycles. The Kier molecular flexibility index (Phi) is 9.82. The van der Waals surface area contributed by atoms with E-state index in [1.807, 2.05) is 0 Å². The van der Waals surface area contributed by atoms with Crippen molar-refractivity contribution < 1.29 is 0 Å². The van der Waals surface area contributed by atoms with Crippen LogP contribution in [-0.2, 0) is 10.8 Å². The summed E-state index contributed by atoms with van der Waals surface area (Å²) in [5, 5.41) is 7.52. The van der Waals surface area contributed by atoms with Gasteiger partial charge in [0.2, 0.25) is 0 Å². The van der Waals surface area contributed by atoms with Crippen molar-refractivity contribution in [2.45, 2.75) is 52.4 Å². The van der Waals surface area contributed by atoms with Crippen molar-refractivity contribution in [1.82, 2.24) is 4.48 Å². The van der Waals surface area contributed by atoms with Crippen LogP contribution in [0.1, 0.15) is 52.7 Å². The first-order valence-corrected chi connectivity index (χ1v) is 26.2. The molecule has 0 amide bonds. The third kappa shape index (κ3) is 6.74. The molecule has 4 heteroatoms. The minimum Gasteiger partial charge on any atom is -0.375 e. The van der Waals surface area contributed by atoms with Crippen LogP contribution in [-0.4, -0.2) is 11.3 Å². The molecule has 0 atom stereocenters. The van der Waals surface area contributed by atoms with E-state index in [1.165, 1.54) is 116 Å². The summed E-state index contributed by atoms with van der Waals surface area (Å²) in [5.41, 5.74) is 21.8. The van der Waals surface area contributed by atoms with Gasteiger partial charge in [0.1, 0.15) is 0 Å². The number of hydrogen-bond acceptors (Lipinski definition) is 2. The van der Waals surface area contributed by atoms with Gasteiger partial charge in [-0.05, 0) is 143 Å². The van der Waals surface area contributed by atoms with Crippen LogP contribution in [0.15, 0.2) is 231 Å². The maximum atomic E-state index is 2.70. The molecule has 0 aliphatic carbocycles. The van der Waals surface area contributed by atoms with E-state index in [4.69, 9.17) is 0 Å². The fourth-order valence-electron chi connectivity index (χ4n) is 12.5. The van der Waals surface area contributed by atoms with Gasteiger partial charge in [-0.2, -0.15) is 0 Å². The average molecular weight is 950 g/mol. The molecule has 354 valence electrons. The highest BCUT2D eigenvalue weighted by Crippen LogP contribution is 2.52. The van der Waals surface area contributed by atoms with Crippen molar-refractivity contribution in [3.63, 3.8) is 0 Å². The summed E-state index contributed by atoms with van der Waals surface area (Å²) in [5.74, 6) is 0. The van der Waals surface area contributed by atoms with Crippen LogP contribution in [0.5, 0.6) is 0 Å². The zero-order chi connectivity index (χ0) is 50.0. The third-order valence-electron chi connectivity index (χ3n) is 16.0. The second-order valence-electron chi connectivity index (χ2n) is 22.5. The molecular formula is C70H56BN3. The average Bonchev–Trinajstić information content (AvgIpc) is 3.83. The molecule has 0 spiro atoms. The molecule has 3 heterocycles. The Morgan fingerprint density at radius 2 is 0.878 bits per heavy atom. The summed E-state index contributed by atoms with van der Waals surface area (Å²) in [6, 6.07) is 86.7. The molecule has 14 rings (SSSR count). The van der Waals surface area contributed by atoms with E-state index < -0.39 is 0 Å². The molecule has 12 aromatic rings. The van der Waals surface area contributed by atoms with Crippen molar-refractivity contribution in [2.75, 3.05) is 9.80 Å². The van der Waals surface area contributed by atoms with Crippen molar-refractivity contribution >= 4 is 95.2 Å². The maximum Gasteiger partial charge on any atom is 0.333 e. The molecule has 0 radical (unpaired) electrons. The van der Waals surface area contributed by atoms with Crippen molar-refractivity contribution in [1.29, 1.82) is 0 Å². The molecule has 2 aliphatic rings. The fourth-order valence-corrected chi connectivity index (χ4v) is 12.5. The largest absolute Gasteiger partial charge is 0.375 e. The zero-order valence-corrected chi connectivity index (χ0v) is 42.9. The number of rotatable bonds is 6. The molecule has 11 aromatic carbocycles. The van der Waals surface area contributed by atoms with Crippen LogP contribution in [0, 0.1) is 0 Å². The predicted molar refractivity (Wildman–Crippen MR) is 318 cm³/mol. The summed E-state index contributed by atoms with van der Waals surface area (Å²) in [4.78, 5) is 5.11. The lowest BCUT2D eigenvalue weighted by Crippen LogP contribution is -2.56. The fraction of sp³-hybridized carbons (Fsp3) is 0.114. The minimum absolute atomic E-state index is 0.113. The molecule has 0 unspecified atom stereocenters. The van der Waals surface area contributed by atoms with Gasteiger partial charge in [-0.1, -0.05) is 211 Å². The third-order valence-corrected chi connectivity index (χ3v) is 16.0. The van der Waals surface area contributed by atoms with Gasteiger partial charge in [0.25, 0.3) is 0 Å². The highest BCUT2D eigenvalue weighted by molar-refractivity contribution is 6.90. The lowest BCUT2D eigenvalue weighted by Gasteiger charge is -2.42. The molecule has 1 aromatic heterocycles. The standard InChI is InChI=1S/C70H56BN3/c1-69(2,3)47-38-48(70(4,5)6)40-51(39-47)73-63-44-59-58(65(45-24-11-7-12-25-45)54-33-19-20-34-55(54)66(59)46-26-13-8-14-27-46)43-61(63)71-67-60(57-36-23-35-56-53-32-21-22-37-62(53)74(71)68(56)57)41-52(42-64(67)73)72(49-28-15-9-16-29-49)50-30-17-10-18-31-50/h7-44H,1-6H3. The van der Waals surface area contributed by atoms with Crippen LogP contribution < -0.4 is 20.7 Å². The lowest BCUT2D eigenvalue weighted by atomic mass is 9.45. The molecule has 0 saturated heterocycles. The van der Waals surface area contributed by atoms with Crippen LogP contribution in [0.4, 0.5) is 34.1 Å². The van der Waals surface area contributed by atoms with E-state index in [1.54, 1.807) is 0 Å². The topological polar surface area (TPSA) is 11.4 Å². The number of fused-ring (bicyclic) bond motifs is 9. The van der Waals surface area contributed by atoms with Gasteiger partial charge < -0.3 is 14.3 Å². The van der Waals surface area contributed by atoms with Gasteiger partial charge in [0, 0.05) is 61.5 Å². The van der Waals surface area contributed by atoms with Crippen molar-refractivity contribution in [3.8, 4) is 33.4 Å². The Morgan fingerprint density at radius 1 is 0.378 bits per heavy atom. The minimum atomic E-state index is -0.160. The molecule has 0 N–H and O–H groups in total. The molecule has 3 nitrogen and oxygen atoms in total. The van der Waals surface area contributed by atoms with Gasteiger partial charge in [0.05, 0.1) is 0 Å². The van der Waals surface area contributed by atoms with Gasteiger partial charge >= 0.3 is 6.85 Å². The Labute approximate surface area is 434 Å². The first kappa shape index (κ1) is 44.1. The van der Waals surface area contributed by atoms with E-state index in [2.05, 4.69) is 286 Å². The number of nitrogens with zero attached hydrogens (tertiary/aromatic N) is 3. The molecule has 0 fully saturated rings. The van der Waals surface area contributed by atoms with Gasteiger partial charge in [0.15, 0.2) is 0 Å². The normalized spacial score (nSPS) is 12.9. The summed E-state index contributed by atoms with van der Waals surface area (Å²) >= 11 is 0. The number of benzene rings is 11. The van der Waals surface area contributed by atoms with E-state index in [-0.39, 0.29) is 17.7 Å². The summed E-state index contributed by atoms with van der Waals surface area (Å²) in [7, 11) is 0. The molecule has 0 bridgehead atoms. The van der Waals surface area contributed by atoms with Gasteiger partial charge in [-0.15, -0.1) is 0 Å². The Balaban J connectivity index is 1.21. The Hall–Kier alpha value is -8.60. The van der Waals surface area contributed by atoms with E-state index in [9.17, 15) is 0 Å². The number of para-hydroxylation sites is 4. The predicted octanol–water partition coefficient (Wildman–Crippen LogP) is 17.9. The highest BCUT2D eigenvalue weighted by atomic mass is 15.2. The SMILES string of the molecule is CC(C)(C)c1cc(N2c3cc4c(-c5ccccc5)c5ccccc5c(-c5ccccc5)c4cc3B3c4c(cc(N(c5ccccc5)c5ccccc5)cc42)-c2cccc4c5ccccc5n3c24)cc(C(C)(C)C)c1. The maximum absolute atomic E-state index is 2.70. The smallest absolute Gasteiger partial charge is 0.333 e. The Morgan fingerprint density at radius 3 is 1.45 bits per heavy atom. The van der Waals surface area contributed by atoms with Crippen LogP contribution in [0.25, 0.3) is 76.7 Å². The van der Waals surface area contributed by atoms with Crippen molar-refractivity contribution in [2.24, 2.45) is 0 Å². The second kappa shape index (κ2) is 16.5. The Bertz CT molecular complexity index is 4130.